The van der Waals surface area contributed by atoms with Crippen LogP contribution in [0.1, 0.15) is 5.56 Å². The van der Waals surface area contributed by atoms with Crippen LogP contribution in [0.15, 0.2) is 36.5 Å². The SMILES string of the molecule is COCC(N)C(=O)Nc1ccnn1-c1ccccc1C.Cl. The van der Waals surface area contributed by atoms with E-state index in [9.17, 15) is 4.79 Å². The van der Waals surface area contributed by atoms with E-state index in [0.29, 0.717) is 5.82 Å². The van der Waals surface area contributed by atoms with Crippen LogP contribution < -0.4 is 11.1 Å². The van der Waals surface area contributed by atoms with Gasteiger partial charge in [-0.3, -0.25) is 4.79 Å². The van der Waals surface area contributed by atoms with Crippen molar-refractivity contribution in [2.75, 3.05) is 19.0 Å². The molecule has 6 nitrogen and oxygen atoms in total. The first kappa shape index (κ1) is 17.2. The molecule has 3 N–H and O–H groups in total. The van der Waals surface area contributed by atoms with E-state index in [-0.39, 0.29) is 24.9 Å². The summed E-state index contributed by atoms with van der Waals surface area (Å²) in [4.78, 5) is 11.9. The van der Waals surface area contributed by atoms with Gasteiger partial charge < -0.3 is 15.8 Å². The number of hydrogen-bond donors (Lipinski definition) is 2. The molecule has 0 fully saturated rings. The lowest BCUT2D eigenvalue weighted by Crippen LogP contribution is -2.39. The molecule has 0 aliphatic carbocycles. The van der Waals surface area contributed by atoms with Gasteiger partial charge in [0.25, 0.3) is 0 Å². The number of hydrogen-bond acceptors (Lipinski definition) is 4. The smallest absolute Gasteiger partial charge is 0.244 e. The van der Waals surface area contributed by atoms with E-state index in [4.69, 9.17) is 10.5 Å². The molecule has 2 aromatic rings. The average Bonchev–Trinajstić information content (AvgIpc) is 2.87. The maximum atomic E-state index is 11.9. The van der Waals surface area contributed by atoms with Gasteiger partial charge in [-0.2, -0.15) is 5.10 Å². The molecule has 21 heavy (non-hydrogen) atoms. The van der Waals surface area contributed by atoms with Crippen molar-refractivity contribution in [3.05, 3.63) is 42.1 Å². The zero-order chi connectivity index (χ0) is 14.5. The minimum Gasteiger partial charge on any atom is -0.383 e. The second-order valence-electron chi connectivity index (χ2n) is 4.47. The van der Waals surface area contributed by atoms with Crippen molar-refractivity contribution in [1.29, 1.82) is 0 Å². The number of carbonyl (C=O) groups is 1. The van der Waals surface area contributed by atoms with E-state index in [1.165, 1.54) is 7.11 Å². The Bertz CT molecular complexity index is 600. The summed E-state index contributed by atoms with van der Waals surface area (Å²) in [5.74, 6) is 0.276. The van der Waals surface area contributed by atoms with Gasteiger partial charge >= 0.3 is 0 Å². The molecule has 7 heteroatoms. The van der Waals surface area contributed by atoms with E-state index in [1.54, 1.807) is 16.9 Å². The Morgan fingerprint density at radius 2 is 2.14 bits per heavy atom. The molecule has 2 rings (SSSR count). The number of rotatable bonds is 5. The fourth-order valence-electron chi connectivity index (χ4n) is 1.87. The number of halogens is 1. The Hall–Kier alpha value is -1.89. The van der Waals surface area contributed by atoms with E-state index < -0.39 is 6.04 Å². The van der Waals surface area contributed by atoms with Crippen LogP contribution in [-0.4, -0.2) is 35.4 Å². The number of benzene rings is 1. The molecule has 0 aliphatic heterocycles. The first-order valence-corrected chi connectivity index (χ1v) is 6.29. The largest absolute Gasteiger partial charge is 0.383 e. The van der Waals surface area contributed by atoms with Gasteiger partial charge in [-0.15, -0.1) is 12.4 Å². The summed E-state index contributed by atoms with van der Waals surface area (Å²) < 4.78 is 6.54. The molecule has 1 atom stereocenters. The number of aryl methyl sites for hydroxylation is 1. The van der Waals surface area contributed by atoms with Gasteiger partial charge in [0.2, 0.25) is 5.91 Å². The standard InChI is InChI=1S/C14H18N4O2.ClH/c1-10-5-3-4-6-12(10)18-13(7-8-16-18)17-14(19)11(15)9-20-2;/h3-8,11H,9,15H2,1-2H3,(H,17,19);1H. The van der Waals surface area contributed by atoms with Crippen LogP contribution in [0.5, 0.6) is 0 Å². The van der Waals surface area contributed by atoms with E-state index in [1.807, 2.05) is 31.2 Å². The Morgan fingerprint density at radius 3 is 2.81 bits per heavy atom. The maximum absolute atomic E-state index is 11.9. The number of carbonyl (C=O) groups excluding carboxylic acids is 1. The molecule has 1 aromatic heterocycles. The molecule has 0 spiro atoms. The van der Waals surface area contributed by atoms with Crippen LogP contribution in [-0.2, 0) is 9.53 Å². The monoisotopic (exact) mass is 310 g/mol. The topological polar surface area (TPSA) is 82.2 Å². The van der Waals surface area contributed by atoms with Crippen LogP contribution in [0.25, 0.3) is 5.69 Å². The van der Waals surface area contributed by atoms with Crippen molar-refractivity contribution in [1.82, 2.24) is 9.78 Å². The van der Waals surface area contributed by atoms with Crippen LogP contribution in [0.2, 0.25) is 0 Å². The highest BCUT2D eigenvalue weighted by Gasteiger charge is 2.16. The number of nitrogens with one attached hydrogen (secondary N) is 1. The van der Waals surface area contributed by atoms with E-state index >= 15 is 0 Å². The van der Waals surface area contributed by atoms with Gasteiger partial charge in [0.1, 0.15) is 11.9 Å². The zero-order valence-electron chi connectivity index (χ0n) is 11.9. The molecule has 0 radical (unpaired) electrons. The highest BCUT2D eigenvalue weighted by atomic mass is 35.5. The quantitative estimate of drug-likeness (QED) is 0.877. The van der Waals surface area contributed by atoms with Crippen LogP contribution in [0.3, 0.4) is 0 Å². The average molecular weight is 311 g/mol. The minimum atomic E-state index is -0.708. The van der Waals surface area contributed by atoms with Crippen molar-refractivity contribution in [2.45, 2.75) is 13.0 Å². The summed E-state index contributed by atoms with van der Waals surface area (Å²) in [6.07, 6.45) is 1.63. The van der Waals surface area contributed by atoms with Gasteiger partial charge in [0.05, 0.1) is 18.5 Å². The third kappa shape index (κ3) is 4.04. The lowest BCUT2D eigenvalue weighted by Gasteiger charge is -2.13. The van der Waals surface area contributed by atoms with Gasteiger partial charge in [-0.05, 0) is 18.6 Å². The second-order valence-corrected chi connectivity index (χ2v) is 4.47. The number of anilines is 1. The Morgan fingerprint density at radius 1 is 1.43 bits per heavy atom. The van der Waals surface area contributed by atoms with Crippen molar-refractivity contribution in [2.24, 2.45) is 5.73 Å². The van der Waals surface area contributed by atoms with Gasteiger partial charge in [0.15, 0.2) is 0 Å². The summed E-state index contributed by atoms with van der Waals surface area (Å²) in [5, 5.41) is 6.99. The predicted molar refractivity (Wildman–Crippen MR) is 84.0 cm³/mol. The van der Waals surface area contributed by atoms with E-state index in [2.05, 4.69) is 10.4 Å². The number of nitrogens with zero attached hydrogens (tertiary/aromatic N) is 2. The van der Waals surface area contributed by atoms with Crippen molar-refractivity contribution in [3.63, 3.8) is 0 Å². The summed E-state index contributed by atoms with van der Waals surface area (Å²) >= 11 is 0. The highest BCUT2D eigenvalue weighted by Crippen LogP contribution is 2.18. The first-order chi connectivity index (χ1) is 9.63. The number of ether oxygens (including phenoxy) is 1. The predicted octanol–water partition coefficient (Wildman–Crippen LogP) is 1.51. The van der Waals surface area contributed by atoms with Crippen LogP contribution in [0, 0.1) is 6.92 Å². The van der Waals surface area contributed by atoms with E-state index in [0.717, 1.165) is 11.3 Å². The summed E-state index contributed by atoms with van der Waals surface area (Å²) in [5.41, 5.74) is 7.67. The highest BCUT2D eigenvalue weighted by molar-refractivity contribution is 5.94. The molecule has 1 unspecified atom stereocenters. The fourth-order valence-corrected chi connectivity index (χ4v) is 1.87. The van der Waals surface area contributed by atoms with Crippen molar-refractivity contribution >= 4 is 24.1 Å². The molecule has 0 aliphatic rings. The molecule has 0 bridgehead atoms. The molecular weight excluding hydrogens is 292 g/mol. The van der Waals surface area contributed by atoms with Crippen LogP contribution in [0.4, 0.5) is 5.82 Å². The summed E-state index contributed by atoms with van der Waals surface area (Å²) in [6, 6.07) is 8.82. The number of amides is 1. The van der Waals surface area contributed by atoms with Crippen molar-refractivity contribution in [3.8, 4) is 5.69 Å². The van der Waals surface area contributed by atoms with Gasteiger partial charge in [0, 0.05) is 13.2 Å². The normalized spacial score (nSPS) is 11.6. The molecule has 1 aromatic carbocycles. The molecule has 1 heterocycles. The Labute approximate surface area is 129 Å². The number of para-hydroxylation sites is 1. The first-order valence-electron chi connectivity index (χ1n) is 6.29. The number of methoxy groups -OCH3 is 1. The van der Waals surface area contributed by atoms with Crippen molar-refractivity contribution < 1.29 is 9.53 Å². The Balaban J connectivity index is 0.00000220. The third-order valence-corrected chi connectivity index (χ3v) is 2.92. The van der Waals surface area contributed by atoms with Crippen LogP contribution >= 0.6 is 12.4 Å². The van der Waals surface area contributed by atoms with Gasteiger partial charge in [-0.25, -0.2) is 4.68 Å². The number of aromatic nitrogens is 2. The van der Waals surface area contributed by atoms with Gasteiger partial charge in [-0.1, -0.05) is 18.2 Å². The molecule has 0 saturated carbocycles. The lowest BCUT2D eigenvalue weighted by atomic mass is 10.2. The maximum Gasteiger partial charge on any atom is 0.244 e. The molecular formula is C14H19ClN4O2. The molecule has 0 saturated heterocycles. The lowest BCUT2D eigenvalue weighted by molar-refractivity contribution is -0.118. The third-order valence-electron chi connectivity index (χ3n) is 2.92. The Kier molecular flexibility index (Phi) is 6.36. The minimum absolute atomic E-state index is 0. The number of nitrogens with two attached hydrogens (primary N) is 1. The zero-order valence-corrected chi connectivity index (χ0v) is 12.8. The summed E-state index contributed by atoms with van der Waals surface area (Å²) in [6.45, 7) is 2.16. The second kappa shape index (κ2) is 7.78. The molecule has 114 valence electrons. The molecule has 1 amide bonds. The summed E-state index contributed by atoms with van der Waals surface area (Å²) in [7, 11) is 1.50. The fraction of sp³-hybridized carbons (Fsp3) is 0.286.